The molecule has 2 aromatic rings. The third-order valence-corrected chi connectivity index (χ3v) is 2.80. The van der Waals surface area contributed by atoms with E-state index in [4.69, 9.17) is 23.1 Å². The maximum atomic E-state index is 12.9. The van der Waals surface area contributed by atoms with Gasteiger partial charge < -0.3 is 11.5 Å². The van der Waals surface area contributed by atoms with E-state index in [2.05, 4.69) is 16.8 Å². The van der Waals surface area contributed by atoms with E-state index in [1.54, 1.807) is 0 Å². The van der Waals surface area contributed by atoms with Gasteiger partial charge in [-0.15, -0.1) is 0 Å². The monoisotopic (exact) mass is 311 g/mol. The maximum Gasteiger partial charge on any atom is 0.417 e. The zero-order valence-electron chi connectivity index (χ0n) is 10.5. The van der Waals surface area contributed by atoms with Gasteiger partial charge in [0.2, 0.25) is 0 Å². The number of hydrogen-bond donors (Lipinski definition) is 2. The average Bonchev–Trinajstić information content (AvgIpc) is 2.36. The van der Waals surface area contributed by atoms with Crippen molar-refractivity contribution in [3.05, 3.63) is 52.0 Å². The Hall–Kier alpha value is -2.39. The summed E-state index contributed by atoms with van der Waals surface area (Å²) in [7, 11) is 0. The summed E-state index contributed by atoms with van der Waals surface area (Å²) in [5.74, 6) is 5.23. The van der Waals surface area contributed by atoms with Gasteiger partial charge in [0, 0.05) is 10.6 Å². The minimum absolute atomic E-state index is 0.0538. The van der Waals surface area contributed by atoms with Crippen LogP contribution in [0.25, 0.3) is 0 Å². The van der Waals surface area contributed by atoms with Gasteiger partial charge >= 0.3 is 6.18 Å². The van der Waals surface area contributed by atoms with Crippen LogP contribution in [0.4, 0.5) is 24.8 Å². The van der Waals surface area contributed by atoms with Crippen molar-refractivity contribution < 1.29 is 13.2 Å². The van der Waals surface area contributed by atoms with Gasteiger partial charge in [-0.25, -0.2) is 4.98 Å². The predicted octanol–water partition coefficient (Wildman–Crippen LogP) is 3.32. The lowest BCUT2D eigenvalue weighted by Gasteiger charge is -2.09. The first kappa shape index (κ1) is 15.0. The SMILES string of the molecule is Nc1ccc(C#Cc2cc(Cl)ccc2C(F)(F)F)c(N)n1. The van der Waals surface area contributed by atoms with Crippen LogP contribution in [-0.2, 0) is 6.18 Å². The molecule has 108 valence electrons. The Morgan fingerprint density at radius 3 is 2.29 bits per heavy atom. The lowest BCUT2D eigenvalue weighted by atomic mass is 10.1. The van der Waals surface area contributed by atoms with E-state index in [-0.39, 0.29) is 27.8 Å². The van der Waals surface area contributed by atoms with Crippen LogP contribution in [-0.4, -0.2) is 4.98 Å². The minimum Gasteiger partial charge on any atom is -0.384 e. The molecule has 1 aromatic carbocycles. The van der Waals surface area contributed by atoms with E-state index >= 15 is 0 Å². The highest BCUT2D eigenvalue weighted by molar-refractivity contribution is 6.30. The number of hydrogen-bond acceptors (Lipinski definition) is 3. The molecule has 21 heavy (non-hydrogen) atoms. The van der Waals surface area contributed by atoms with Gasteiger partial charge in [-0.3, -0.25) is 0 Å². The molecule has 0 bridgehead atoms. The van der Waals surface area contributed by atoms with Crippen LogP contribution in [0.5, 0.6) is 0 Å². The van der Waals surface area contributed by atoms with E-state index in [1.807, 2.05) is 0 Å². The summed E-state index contributed by atoms with van der Waals surface area (Å²) in [4.78, 5) is 3.78. The Labute approximate surface area is 123 Å². The summed E-state index contributed by atoms with van der Waals surface area (Å²) >= 11 is 5.71. The second-order valence-electron chi connectivity index (χ2n) is 4.11. The molecule has 0 aliphatic heterocycles. The summed E-state index contributed by atoms with van der Waals surface area (Å²) in [5, 5.41) is 0.163. The smallest absolute Gasteiger partial charge is 0.384 e. The Kier molecular flexibility index (Phi) is 3.96. The minimum atomic E-state index is -4.51. The van der Waals surface area contributed by atoms with Crippen LogP contribution < -0.4 is 11.5 Å². The summed E-state index contributed by atoms with van der Waals surface area (Å²) in [5.41, 5.74) is 10.2. The van der Waals surface area contributed by atoms with Crippen molar-refractivity contribution in [1.29, 1.82) is 0 Å². The topological polar surface area (TPSA) is 64.9 Å². The molecule has 0 saturated carbocycles. The molecule has 0 radical (unpaired) electrons. The third-order valence-electron chi connectivity index (χ3n) is 2.57. The van der Waals surface area contributed by atoms with Crippen molar-refractivity contribution >= 4 is 23.2 Å². The Morgan fingerprint density at radius 1 is 1.00 bits per heavy atom. The second kappa shape index (κ2) is 5.54. The number of pyridine rings is 1. The predicted molar refractivity (Wildman–Crippen MR) is 75.5 cm³/mol. The average molecular weight is 312 g/mol. The molecule has 0 amide bonds. The molecular weight excluding hydrogens is 303 g/mol. The van der Waals surface area contributed by atoms with Gasteiger partial charge in [0.1, 0.15) is 11.6 Å². The Morgan fingerprint density at radius 2 is 1.67 bits per heavy atom. The van der Waals surface area contributed by atoms with Crippen molar-refractivity contribution in [3.8, 4) is 11.8 Å². The highest BCUT2D eigenvalue weighted by Gasteiger charge is 2.33. The molecule has 3 nitrogen and oxygen atoms in total. The number of nitrogen functional groups attached to an aromatic ring is 2. The van der Waals surface area contributed by atoms with E-state index in [0.29, 0.717) is 0 Å². The van der Waals surface area contributed by atoms with Crippen LogP contribution in [0, 0.1) is 11.8 Å². The molecule has 2 rings (SSSR count). The zero-order valence-corrected chi connectivity index (χ0v) is 11.3. The number of benzene rings is 1. The van der Waals surface area contributed by atoms with Crippen molar-refractivity contribution in [3.63, 3.8) is 0 Å². The fraction of sp³-hybridized carbons (Fsp3) is 0.0714. The highest BCUT2D eigenvalue weighted by atomic mass is 35.5. The van der Waals surface area contributed by atoms with Gasteiger partial charge in [0.05, 0.1) is 11.1 Å². The molecule has 0 aliphatic carbocycles. The lowest BCUT2D eigenvalue weighted by Crippen LogP contribution is -2.07. The van der Waals surface area contributed by atoms with Gasteiger partial charge in [-0.2, -0.15) is 13.2 Å². The van der Waals surface area contributed by atoms with E-state index in [9.17, 15) is 13.2 Å². The van der Waals surface area contributed by atoms with Gasteiger partial charge in [-0.05, 0) is 30.3 Å². The number of alkyl halides is 3. The van der Waals surface area contributed by atoms with Crippen LogP contribution >= 0.6 is 11.6 Å². The van der Waals surface area contributed by atoms with Crippen molar-refractivity contribution in [2.24, 2.45) is 0 Å². The molecule has 1 aromatic heterocycles. The number of nitrogens with zero attached hydrogens (tertiary/aromatic N) is 1. The van der Waals surface area contributed by atoms with Crippen LogP contribution in [0.3, 0.4) is 0 Å². The molecule has 0 unspecified atom stereocenters. The summed E-state index contributed by atoms with van der Waals surface area (Å²) in [6.45, 7) is 0. The first-order chi connectivity index (χ1) is 9.77. The molecule has 0 spiro atoms. The standard InChI is InChI=1S/C14H9ClF3N3/c15-10-4-5-11(14(16,17)18)9(7-10)2-1-8-3-6-12(19)21-13(8)20/h3-7H,(H4,19,20,21). The first-order valence-corrected chi connectivity index (χ1v) is 6.06. The largest absolute Gasteiger partial charge is 0.417 e. The van der Waals surface area contributed by atoms with Crippen molar-refractivity contribution in [2.75, 3.05) is 11.5 Å². The van der Waals surface area contributed by atoms with Gasteiger partial charge in [0.15, 0.2) is 0 Å². The number of rotatable bonds is 0. The van der Waals surface area contributed by atoms with Crippen LogP contribution in [0.1, 0.15) is 16.7 Å². The van der Waals surface area contributed by atoms with E-state index in [1.165, 1.54) is 12.1 Å². The zero-order chi connectivity index (χ0) is 15.6. The molecule has 1 heterocycles. The normalized spacial score (nSPS) is 10.9. The first-order valence-electron chi connectivity index (χ1n) is 5.68. The van der Waals surface area contributed by atoms with Crippen molar-refractivity contribution in [1.82, 2.24) is 4.98 Å². The van der Waals surface area contributed by atoms with E-state index in [0.717, 1.165) is 18.2 Å². The second-order valence-corrected chi connectivity index (χ2v) is 4.54. The molecule has 0 atom stereocenters. The lowest BCUT2D eigenvalue weighted by molar-refractivity contribution is -0.137. The molecule has 7 heteroatoms. The quantitative estimate of drug-likeness (QED) is 0.734. The Balaban J connectivity index is 2.49. The van der Waals surface area contributed by atoms with Gasteiger partial charge in [0.25, 0.3) is 0 Å². The number of halogens is 4. The molecule has 4 N–H and O–H groups in total. The summed E-state index contributed by atoms with van der Waals surface area (Å²) in [6, 6.07) is 6.15. The van der Waals surface area contributed by atoms with Crippen molar-refractivity contribution in [2.45, 2.75) is 6.18 Å². The highest BCUT2D eigenvalue weighted by Crippen LogP contribution is 2.33. The summed E-state index contributed by atoms with van der Waals surface area (Å²) < 4.78 is 38.6. The fourth-order valence-electron chi connectivity index (χ4n) is 1.60. The van der Waals surface area contributed by atoms with Crippen LogP contribution in [0.2, 0.25) is 5.02 Å². The Bertz CT molecular complexity index is 745. The maximum absolute atomic E-state index is 12.9. The number of anilines is 2. The molecular formula is C14H9ClF3N3. The number of aromatic nitrogens is 1. The number of nitrogens with two attached hydrogens (primary N) is 2. The third kappa shape index (κ3) is 3.58. The van der Waals surface area contributed by atoms with E-state index < -0.39 is 11.7 Å². The fourth-order valence-corrected chi connectivity index (χ4v) is 1.77. The van der Waals surface area contributed by atoms with Gasteiger partial charge in [-0.1, -0.05) is 23.4 Å². The molecule has 0 aliphatic rings. The summed E-state index contributed by atoms with van der Waals surface area (Å²) in [6.07, 6.45) is -4.51. The molecule has 0 fully saturated rings. The molecule has 0 saturated heterocycles. The van der Waals surface area contributed by atoms with Crippen LogP contribution in [0.15, 0.2) is 30.3 Å².